The van der Waals surface area contributed by atoms with Gasteiger partial charge >= 0.3 is 0 Å². The van der Waals surface area contributed by atoms with Crippen LogP contribution in [0.5, 0.6) is 0 Å². The molecule has 2 rings (SSSR count). The maximum absolute atomic E-state index is 3.66. The van der Waals surface area contributed by atoms with Crippen LogP contribution in [0.1, 0.15) is 37.8 Å². The molecule has 0 saturated heterocycles. The zero-order valence-corrected chi connectivity index (χ0v) is 12.0. The largest absolute Gasteiger partial charge is 0.375 e. The minimum Gasteiger partial charge on any atom is -0.375 e. The summed E-state index contributed by atoms with van der Waals surface area (Å²) in [5, 5.41) is 3.66. The lowest BCUT2D eigenvalue weighted by Gasteiger charge is -2.30. The van der Waals surface area contributed by atoms with Gasteiger partial charge in [0.05, 0.1) is 0 Å². The van der Waals surface area contributed by atoms with Crippen molar-refractivity contribution in [3.63, 3.8) is 0 Å². The van der Waals surface area contributed by atoms with Crippen LogP contribution in [0.25, 0.3) is 0 Å². The van der Waals surface area contributed by atoms with E-state index in [1.165, 1.54) is 31.4 Å². The quantitative estimate of drug-likeness (QED) is 0.859. The highest BCUT2D eigenvalue weighted by Gasteiger charge is 2.20. The zero-order chi connectivity index (χ0) is 13.0. The van der Waals surface area contributed by atoms with Crippen molar-refractivity contribution in [2.75, 3.05) is 25.0 Å². The Morgan fingerprint density at radius 2 is 2.17 bits per heavy atom. The highest BCUT2D eigenvalue weighted by molar-refractivity contribution is 5.57. The average molecular weight is 246 g/mol. The molecular weight excluding hydrogens is 220 g/mol. The zero-order valence-electron chi connectivity index (χ0n) is 12.0. The van der Waals surface area contributed by atoms with E-state index in [0.717, 1.165) is 13.1 Å². The van der Waals surface area contributed by atoms with Gasteiger partial charge in [-0.25, -0.2) is 0 Å². The molecule has 1 aromatic carbocycles. The second-order valence-corrected chi connectivity index (χ2v) is 5.32. The molecule has 1 aliphatic carbocycles. The van der Waals surface area contributed by atoms with Crippen LogP contribution < -0.4 is 10.2 Å². The summed E-state index contributed by atoms with van der Waals surface area (Å²) in [6, 6.07) is 7.46. The fraction of sp³-hybridized carbons (Fsp3) is 0.625. The van der Waals surface area contributed by atoms with E-state index >= 15 is 0 Å². The van der Waals surface area contributed by atoms with Crippen molar-refractivity contribution in [1.29, 1.82) is 0 Å². The van der Waals surface area contributed by atoms with E-state index in [2.05, 4.69) is 49.3 Å². The Morgan fingerprint density at radius 1 is 1.33 bits per heavy atom. The second kappa shape index (κ2) is 6.24. The van der Waals surface area contributed by atoms with Gasteiger partial charge in [-0.1, -0.05) is 19.1 Å². The monoisotopic (exact) mass is 246 g/mol. The van der Waals surface area contributed by atoms with E-state index in [0.29, 0.717) is 6.04 Å². The minimum absolute atomic E-state index is 0.680. The summed E-state index contributed by atoms with van der Waals surface area (Å²) in [5.41, 5.74) is 4.56. The number of anilines is 1. The smallest absolute Gasteiger partial charge is 0.0398 e. The molecule has 1 aliphatic rings. The van der Waals surface area contributed by atoms with Gasteiger partial charge in [0.15, 0.2) is 0 Å². The predicted octanol–water partition coefficient (Wildman–Crippen LogP) is 3.00. The highest BCUT2D eigenvalue weighted by Crippen LogP contribution is 2.29. The molecule has 100 valence electrons. The topological polar surface area (TPSA) is 15.3 Å². The molecule has 1 N–H and O–H groups in total. The molecule has 18 heavy (non-hydrogen) atoms. The van der Waals surface area contributed by atoms with Gasteiger partial charge in [0, 0.05) is 25.3 Å². The van der Waals surface area contributed by atoms with Crippen molar-refractivity contribution in [3.05, 3.63) is 29.3 Å². The molecule has 0 saturated carbocycles. The first-order valence-electron chi connectivity index (χ1n) is 7.31. The summed E-state index contributed by atoms with van der Waals surface area (Å²) in [4.78, 5) is 2.36. The standard InChI is InChI=1S/C16H26N2/c1-4-11-17-14-9-10-15-13(12-14)7-6-8-16(15)18(3)5-2/h6-8,14,17H,4-5,9-12H2,1-3H3. The number of nitrogens with zero attached hydrogens (tertiary/aromatic N) is 1. The van der Waals surface area contributed by atoms with Crippen molar-refractivity contribution >= 4 is 5.69 Å². The van der Waals surface area contributed by atoms with Crippen LogP contribution in [-0.2, 0) is 12.8 Å². The molecule has 1 unspecified atom stereocenters. The van der Waals surface area contributed by atoms with Crippen LogP contribution in [0.4, 0.5) is 5.69 Å². The maximum Gasteiger partial charge on any atom is 0.0398 e. The van der Waals surface area contributed by atoms with Gasteiger partial charge in [-0.2, -0.15) is 0 Å². The van der Waals surface area contributed by atoms with Gasteiger partial charge in [0.25, 0.3) is 0 Å². The number of fused-ring (bicyclic) bond motifs is 1. The van der Waals surface area contributed by atoms with Crippen molar-refractivity contribution in [3.8, 4) is 0 Å². The average Bonchev–Trinajstić information content (AvgIpc) is 2.43. The van der Waals surface area contributed by atoms with E-state index < -0.39 is 0 Å². The maximum atomic E-state index is 3.66. The molecule has 0 aliphatic heterocycles. The molecular formula is C16H26N2. The third-order valence-electron chi connectivity index (χ3n) is 4.03. The van der Waals surface area contributed by atoms with Crippen molar-refractivity contribution in [2.45, 2.75) is 45.6 Å². The van der Waals surface area contributed by atoms with Gasteiger partial charge in [-0.3, -0.25) is 0 Å². The fourth-order valence-corrected chi connectivity index (χ4v) is 2.84. The van der Waals surface area contributed by atoms with Crippen molar-refractivity contribution in [1.82, 2.24) is 5.32 Å². The number of hydrogen-bond donors (Lipinski definition) is 1. The Hall–Kier alpha value is -1.02. The van der Waals surface area contributed by atoms with Gasteiger partial charge in [0.1, 0.15) is 0 Å². The number of nitrogens with one attached hydrogen (secondary N) is 1. The molecule has 2 heteroatoms. The first-order chi connectivity index (χ1) is 8.76. The van der Waals surface area contributed by atoms with Crippen LogP contribution in [0.3, 0.4) is 0 Å². The summed E-state index contributed by atoms with van der Waals surface area (Å²) in [5.74, 6) is 0. The first-order valence-corrected chi connectivity index (χ1v) is 7.31. The third-order valence-corrected chi connectivity index (χ3v) is 4.03. The van der Waals surface area contributed by atoms with Crippen LogP contribution in [-0.4, -0.2) is 26.2 Å². The Kier molecular flexibility index (Phi) is 4.65. The van der Waals surface area contributed by atoms with Crippen LogP contribution in [0, 0.1) is 0 Å². The summed E-state index contributed by atoms with van der Waals surface area (Å²) in [6.07, 6.45) is 4.92. The highest BCUT2D eigenvalue weighted by atomic mass is 15.1. The van der Waals surface area contributed by atoms with Crippen molar-refractivity contribution < 1.29 is 0 Å². The van der Waals surface area contributed by atoms with Crippen LogP contribution in [0.15, 0.2) is 18.2 Å². The molecule has 0 amide bonds. The molecule has 1 aromatic rings. The number of hydrogen-bond acceptors (Lipinski definition) is 2. The van der Waals surface area contributed by atoms with E-state index in [1.54, 1.807) is 11.1 Å². The molecule has 0 fully saturated rings. The van der Waals surface area contributed by atoms with Crippen LogP contribution >= 0.6 is 0 Å². The SMILES string of the molecule is CCCNC1CCc2c(cccc2N(C)CC)C1. The van der Waals surface area contributed by atoms with Crippen molar-refractivity contribution in [2.24, 2.45) is 0 Å². The molecule has 0 radical (unpaired) electrons. The molecule has 0 bridgehead atoms. The van der Waals surface area contributed by atoms with E-state index in [1.807, 2.05) is 0 Å². The Balaban J connectivity index is 2.14. The predicted molar refractivity (Wildman–Crippen MR) is 79.5 cm³/mol. The summed E-state index contributed by atoms with van der Waals surface area (Å²) >= 11 is 0. The summed E-state index contributed by atoms with van der Waals surface area (Å²) in [6.45, 7) is 6.68. The molecule has 0 heterocycles. The Morgan fingerprint density at radius 3 is 2.89 bits per heavy atom. The number of rotatable bonds is 5. The minimum atomic E-state index is 0.680. The first kappa shape index (κ1) is 13.4. The normalized spacial score (nSPS) is 18.5. The van der Waals surface area contributed by atoms with E-state index in [-0.39, 0.29) is 0 Å². The fourth-order valence-electron chi connectivity index (χ4n) is 2.84. The summed E-state index contributed by atoms with van der Waals surface area (Å²) in [7, 11) is 2.19. The molecule has 0 spiro atoms. The molecule has 2 nitrogen and oxygen atoms in total. The lowest BCUT2D eigenvalue weighted by Crippen LogP contribution is -2.35. The molecule has 0 aromatic heterocycles. The third kappa shape index (κ3) is 2.86. The Labute approximate surface area is 111 Å². The lowest BCUT2D eigenvalue weighted by molar-refractivity contribution is 0.459. The van der Waals surface area contributed by atoms with Gasteiger partial charge < -0.3 is 10.2 Å². The van der Waals surface area contributed by atoms with Gasteiger partial charge in [0.2, 0.25) is 0 Å². The van der Waals surface area contributed by atoms with Crippen LogP contribution in [0.2, 0.25) is 0 Å². The van der Waals surface area contributed by atoms with E-state index in [9.17, 15) is 0 Å². The lowest BCUT2D eigenvalue weighted by atomic mass is 9.87. The number of benzene rings is 1. The van der Waals surface area contributed by atoms with Gasteiger partial charge in [-0.15, -0.1) is 0 Å². The summed E-state index contributed by atoms with van der Waals surface area (Å²) < 4.78 is 0. The Bertz CT molecular complexity index is 387. The van der Waals surface area contributed by atoms with Gasteiger partial charge in [-0.05, 0) is 56.3 Å². The second-order valence-electron chi connectivity index (χ2n) is 5.32. The molecule has 1 atom stereocenters. The van der Waals surface area contributed by atoms with E-state index in [4.69, 9.17) is 0 Å².